The van der Waals surface area contributed by atoms with Crippen molar-refractivity contribution in [3.05, 3.63) is 51.2 Å². The van der Waals surface area contributed by atoms with E-state index >= 15 is 0 Å². The molecule has 0 radical (unpaired) electrons. The van der Waals surface area contributed by atoms with Crippen molar-refractivity contribution < 1.29 is 19.4 Å². The first-order chi connectivity index (χ1) is 16.3. The van der Waals surface area contributed by atoms with Crippen LogP contribution in [0.3, 0.4) is 0 Å². The number of hydrogen-bond acceptors (Lipinski definition) is 6. The monoisotopic (exact) mass is 488 g/mol. The van der Waals surface area contributed by atoms with Gasteiger partial charge < -0.3 is 19.5 Å². The summed E-state index contributed by atoms with van der Waals surface area (Å²) in [4.78, 5) is 18.9. The number of carbonyl (C=O) groups excluding carboxylic acids is 1. The van der Waals surface area contributed by atoms with Gasteiger partial charge in [-0.1, -0.05) is 24.6 Å². The Labute approximate surface area is 208 Å². The van der Waals surface area contributed by atoms with Crippen LogP contribution in [0, 0.1) is 13.8 Å². The second-order valence-corrected chi connectivity index (χ2v) is 10.5. The molecule has 2 heterocycles. The summed E-state index contributed by atoms with van der Waals surface area (Å²) in [5, 5.41) is 12.5. The highest BCUT2D eigenvalue weighted by molar-refractivity contribution is 7.10. The molecule has 0 fully saturated rings. The van der Waals surface area contributed by atoms with E-state index in [4.69, 9.17) is 9.47 Å². The number of aliphatic hydroxyl groups is 1. The third-order valence-corrected chi connectivity index (χ3v) is 7.13. The topological polar surface area (TPSA) is 62.2 Å². The lowest BCUT2D eigenvalue weighted by Gasteiger charge is -2.37. The van der Waals surface area contributed by atoms with Gasteiger partial charge in [-0.25, -0.2) is 0 Å². The van der Waals surface area contributed by atoms with Crippen molar-refractivity contribution in [1.82, 2.24) is 9.80 Å². The minimum atomic E-state index is -0.616. The van der Waals surface area contributed by atoms with Gasteiger partial charge in [-0.3, -0.25) is 9.69 Å². The Balaban J connectivity index is 1.69. The minimum absolute atomic E-state index is 0.0713. The van der Waals surface area contributed by atoms with E-state index in [2.05, 4.69) is 44.4 Å². The van der Waals surface area contributed by atoms with Crippen LogP contribution < -0.4 is 4.74 Å². The molecule has 1 N–H and O–H groups in total. The van der Waals surface area contributed by atoms with Crippen molar-refractivity contribution in [3.63, 3.8) is 0 Å². The zero-order valence-corrected chi connectivity index (χ0v) is 22.1. The van der Waals surface area contributed by atoms with Gasteiger partial charge in [0.2, 0.25) is 5.91 Å². The first-order valence-corrected chi connectivity index (χ1v) is 13.2. The fraction of sp³-hybridized carbons (Fsp3) is 0.593. The third-order valence-electron chi connectivity index (χ3n) is 6.13. The van der Waals surface area contributed by atoms with Crippen molar-refractivity contribution in [2.24, 2.45) is 0 Å². The first-order valence-electron chi connectivity index (χ1n) is 12.4. The maximum Gasteiger partial charge on any atom is 0.237 e. The maximum absolute atomic E-state index is 13.5. The second-order valence-electron chi connectivity index (χ2n) is 9.50. The van der Waals surface area contributed by atoms with E-state index in [-0.39, 0.29) is 31.2 Å². The fourth-order valence-electron chi connectivity index (χ4n) is 4.49. The van der Waals surface area contributed by atoms with Crippen LogP contribution in [-0.4, -0.2) is 72.4 Å². The van der Waals surface area contributed by atoms with Crippen molar-refractivity contribution in [3.8, 4) is 5.75 Å². The fourth-order valence-corrected chi connectivity index (χ4v) is 5.42. The Kier molecular flexibility index (Phi) is 9.95. The van der Waals surface area contributed by atoms with Crippen molar-refractivity contribution >= 4 is 17.2 Å². The van der Waals surface area contributed by atoms with Crippen LogP contribution in [0.25, 0.3) is 0 Å². The minimum Gasteiger partial charge on any atom is -0.491 e. The Morgan fingerprint density at radius 3 is 2.79 bits per heavy atom. The quantitative estimate of drug-likeness (QED) is 0.481. The van der Waals surface area contributed by atoms with Gasteiger partial charge in [0.1, 0.15) is 12.4 Å². The number of hydrogen-bond donors (Lipinski definition) is 1. The molecule has 0 saturated heterocycles. The third kappa shape index (κ3) is 7.28. The normalized spacial score (nSPS) is 16.7. The molecule has 1 amide bonds. The van der Waals surface area contributed by atoms with Gasteiger partial charge in [0.15, 0.2) is 0 Å². The van der Waals surface area contributed by atoms with Crippen molar-refractivity contribution in [1.29, 1.82) is 0 Å². The Hall–Kier alpha value is -1.93. The Morgan fingerprint density at radius 1 is 1.29 bits per heavy atom. The van der Waals surface area contributed by atoms with Crippen LogP contribution in [0.15, 0.2) is 29.6 Å². The van der Waals surface area contributed by atoms with E-state index in [1.54, 1.807) is 11.3 Å². The van der Waals surface area contributed by atoms with Gasteiger partial charge in [-0.05, 0) is 75.7 Å². The van der Waals surface area contributed by atoms with Crippen molar-refractivity contribution in [2.75, 3.05) is 39.4 Å². The molecule has 2 aromatic rings. The largest absolute Gasteiger partial charge is 0.491 e. The summed E-state index contributed by atoms with van der Waals surface area (Å²) in [7, 11) is 0. The number of rotatable bonds is 12. The molecule has 2 atom stereocenters. The SMILES string of the molecule is CCCN(CC(=O)N1CCc2sccc2[C@H]1COc1ccc(C)cc1C)C[C@@H](O)COC(C)C. The summed E-state index contributed by atoms with van der Waals surface area (Å²) in [5.74, 6) is 0.942. The number of amides is 1. The summed E-state index contributed by atoms with van der Waals surface area (Å²) in [6.07, 6.45) is 1.24. The van der Waals surface area contributed by atoms with Crippen LogP contribution >= 0.6 is 11.3 Å². The number of fused-ring (bicyclic) bond motifs is 1. The zero-order valence-electron chi connectivity index (χ0n) is 21.3. The second kappa shape index (κ2) is 12.7. The van der Waals surface area contributed by atoms with Gasteiger partial charge >= 0.3 is 0 Å². The van der Waals surface area contributed by atoms with Crippen LogP contribution in [0.1, 0.15) is 54.8 Å². The molecule has 0 unspecified atom stereocenters. The number of ether oxygens (including phenoxy) is 2. The van der Waals surface area contributed by atoms with Gasteiger partial charge in [-0.2, -0.15) is 0 Å². The summed E-state index contributed by atoms with van der Waals surface area (Å²) < 4.78 is 11.8. The van der Waals surface area contributed by atoms with E-state index in [1.165, 1.54) is 16.0 Å². The summed E-state index contributed by atoms with van der Waals surface area (Å²) >= 11 is 1.76. The number of aryl methyl sites for hydroxylation is 2. The molecule has 0 spiro atoms. The standard InChI is InChI=1S/C27H40N2O4S/c1-6-11-28(15-22(30)17-32-19(2)3)16-27(31)29-12-9-26-23(10-13-34-26)24(29)18-33-25-8-7-20(4)14-21(25)5/h7-8,10,13-14,19,22,24,30H,6,9,11-12,15-18H2,1-5H3/t22-,24-/m1/s1. The van der Waals surface area contributed by atoms with Crippen molar-refractivity contribution in [2.45, 2.75) is 65.7 Å². The zero-order chi connectivity index (χ0) is 24.7. The number of thiophene rings is 1. The molecule has 0 saturated carbocycles. The Bertz CT molecular complexity index is 929. The number of benzene rings is 1. The van der Waals surface area contributed by atoms with Crippen LogP contribution in [0.4, 0.5) is 0 Å². The number of aliphatic hydroxyl groups excluding tert-OH is 1. The summed E-state index contributed by atoms with van der Waals surface area (Å²) in [6, 6.07) is 8.20. The van der Waals surface area contributed by atoms with E-state index in [0.29, 0.717) is 19.7 Å². The molecule has 34 heavy (non-hydrogen) atoms. The van der Waals surface area contributed by atoms with Gasteiger partial charge in [0.25, 0.3) is 0 Å². The van der Waals surface area contributed by atoms with E-state index < -0.39 is 6.10 Å². The highest BCUT2D eigenvalue weighted by Gasteiger charge is 2.33. The summed E-state index contributed by atoms with van der Waals surface area (Å²) in [5.41, 5.74) is 3.50. The average Bonchev–Trinajstić information content (AvgIpc) is 3.26. The molecule has 0 aliphatic carbocycles. The smallest absolute Gasteiger partial charge is 0.237 e. The Morgan fingerprint density at radius 2 is 2.09 bits per heavy atom. The summed E-state index contributed by atoms with van der Waals surface area (Å²) in [6.45, 7) is 13.0. The lowest BCUT2D eigenvalue weighted by atomic mass is 10.00. The number of nitrogens with zero attached hydrogens (tertiary/aromatic N) is 2. The first kappa shape index (κ1) is 26.7. The highest BCUT2D eigenvalue weighted by atomic mass is 32.1. The molecule has 7 heteroatoms. The molecule has 6 nitrogen and oxygen atoms in total. The molecular formula is C27H40N2O4S. The molecule has 1 aromatic heterocycles. The molecule has 0 bridgehead atoms. The average molecular weight is 489 g/mol. The molecule has 188 valence electrons. The molecule has 1 aromatic carbocycles. The predicted molar refractivity (Wildman–Crippen MR) is 138 cm³/mol. The number of carbonyl (C=O) groups is 1. The molecule has 1 aliphatic heterocycles. The molecular weight excluding hydrogens is 448 g/mol. The van der Waals surface area contributed by atoms with Gasteiger partial charge in [0, 0.05) is 18.0 Å². The molecule has 1 aliphatic rings. The van der Waals surface area contributed by atoms with E-state index in [9.17, 15) is 9.90 Å². The van der Waals surface area contributed by atoms with Gasteiger partial charge in [0.05, 0.1) is 31.4 Å². The lowest BCUT2D eigenvalue weighted by molar-refractivity contribution is -0.136. The van der Waals surface area contributed by atoms with Crippen LogP contribution in [0.2, 0.25) is 0 Å². The van der Waals surface area contributed by atoms with E-state index in [1.807, 2.05) is 29.7 Å². The molecule has 3 rings (SSSR count). The highest BCUT2D eigenvalue weighted by Crippen LogP contribution is 2.34. The predicted octanol–water partition coefficient (Wildman–Crippen LogP) is 4.37. The van der Waals surface area contributed by atoms with E-state index in [0.717, 1.165) is 30.7 Å². The van der Waals surface area contributed by atoms with Crippen LogP contribution in [0.5, 0.6) is 5.75 Å². The lowest BCUT2D eigenvalue weighted by Crippen LogP contribution is -2.48. The van der Waals surface area contributed by atoms with Gasteiger partial charge in [-0.15, -0.1) is 11.3 Å². The van der Waals surface area contributed by atoms with Crippen LogP contribution in [-0.2, 0) is 16.0 Å². The maximum atomic E-state index is 13.5.